The van der Waals surface area contributed by atoms with Crippen LogP contribution in [0.25, 0.3) is 0 Å². The lowest BCUT2D eigenvalue weighted by molar-refractivity contribution is 0.0825. The number of hydrogen-bond acceptors (Lipinski definition) is 2. The maximum Gasteiger partial charge on any atom is 0.0807 e. The van der Waals surface area contributed by atoms with E-state index in [1.807, 2.05) is 0 Å². The molecule has 0 aromatic heterocycles. The molecule has 0 saturated heterocycles. The molecule has 5 bridgehead atoms. The average molecular weight is 360 g/mol. The Morgan fingerprint density at radius 1 is 0.429 bits per heavy atom. The standard InChI is InChI=1S/C26H20N2/c1-4-10-16(11-5-1)24-19-20-23-21(22(19)27-28-23)26(24,18-14-8-3-9-15-18)25(20,24)17-12-6-2-7-13-17/h1-15,19-23H/t19-,20-,21?,22-,23+,24-,25-,26?/m0/s1. The normalized spacial score (nSPS) is 47.2. The highest BCUT2D eigenvalue weighted by Crippen LogP contribution is 3.05. The number of azo groups is 1. The van der Waals surface area contributed by atoms with E-state index >= 15 is 0 Å². The summed E-state index contributed by atoms with van der Waals surface area (Å²) < 4.78 is 0. The van der Waals surface area contributed by atoms with Gasteiger partial charge < -0.3 is 0 Å². The molecular weight excluding hydrogens is 340 g/mol. The summed E-state index contributed by atoms with van der Waals surface area (Å²) in [4.78, 5) is 0. The smallest absolute Gasteiger partial charge is 0.0807 e. The zero-order valence-corrected chi connectivity index (χ0v) is 15.4. The summed E-state index contributed by atoms with van der Waals surface area (Å²) in [5, 5.41) is 9.63. The fourth-order valence-corrected chi connectivity index (χ4v) is 9.24. The predicted molar refractivity (Wildman–Crippen MR) is 107 cm³/mol. The van der Waals surface area contributed by atoms with Gasteiger partial charge in [-0.1, -0.05) is 91.0 Å². The topological polar surface area (TPSA) is 24.7 Å². The summed E-state index contributed by atoms with van der Waals surface area (Å²) in [6.45, 7) is 0. The lowest BCUT2D eigenvalue weighted by atomic mass is 9.52. The van der Waals surface area contributed by atoms with Crippen molar-refractivity contribution in [2.24, 2.45) is 28.0 Å². The minimum Gasteiger partial charge on any atom is -0.190 e. The first kappa shape index (κ1) is 14.3. The van der Waals surface area contributed by atoms with Crippen molar-refractivity contribution >= 4 is 0 Å². The summed E-state index contributed by atoms with van der Waals surface area (Å²) in [6, 6.07) is 34.9. The van der Waals surface area contributed by atoms with Crippen LogP contribution in [0.1, 0.15) is 16.7 Å². The fourth-order valence-electron chi connectivity index (χ4n) is 9.24. The predicted octanol–water partition coefficient (Wildman–Crippen LogP) is 4.91. The molecule has 0 spiro atoms. The van der Waals surface area contributed by atoms with Gasteiger partial charge in [0.2, 0.25) is 0 Å². The third kappa shape index (κ3) is 1.00. The molecule has 5 saturated carbocycles. The molecule has 0 radical (unpaired) electrons. The van der Waals surface area contributed by atoms with Crippen molar-refractivity contribution < 1.29 is 0 Å². The van der Waals surface area contributed by atoms with Crippen molar-refractivity contribution in [3.63, 3.8) is 0 Å². The highest BCUT2D eigenvalue weighted by atomic mass is 15.3. The Hall–Kier alpha value is -2.74. The van der Waals surface area contributed by atoms with Crippen LogP contribution < -0.4 is 0 Å². The number of rotatable bonds is 3. The number of benzene rings is 3. The number of hydrogen-bond donors (Lipinski definition) is 0. The van der Waals surface area contributed by atoms with E-state index in [-0.39, 0.29) is 16.2 Å². The van der Waals surface area contributed by atoms with Gasteiger partial charge in [0.15, 0.2) is 0 Å². The Balaban J connectivity index is 1.52. The molecule has 1 heterocycles. The maximum absolute atomic E-state index is 4.82. The van der Waals surface area contributed by atoms with Crippen molar-refractivity contribution in [3.05, 3.63) is 108 Å². The summed E-state index contributed by atoms with van der Waals surface area (Å²) in [5.41, 5.74) is 5.05. The zero-order chi connectivity index (χ0) is 18.1. The van der Waals surface area contributed by atoms with Crippen molar-refractivity contribution in [2.75, 3.05) is 0 Å². The lowest BCUT2D eigenvalue weighted by Gasteiger charge is -2.51. The molecule has 3 aromatic rings. The molecule has 1 aliphatic heterocycles. The maximum atomic E-state index is 4.82. The van der Waals surface area contributed by atoms with Crippen molar-refractivity contribution in [2.45, 2.75) is 28.3 Å². The van der Waals surface area contributed by atoms with Crippen LogP contribution in [0, 0.1) is 17.8 Å². The SMILES string of the molecule is c1ccc(C23C4[C@H]5N=N[C@@H]4[C@@H]4[C@@H]5[C@@]2(c2ccccc2)[C@]43c2ccccc2)cc1. The monoisotopic (exact) mass is 360 g/mol. The van der Waals surface area contributed by atoms with E-state index in [9.17, 15) is 0 Å². The van der Waals surface area contributed by atoms with Gasteiger partial charge in [-0.05, 0) is 16.7 Å². The van der Waals surface area contributed by atoms with Gasteiger partial charge in [-0.3, -0.25) is 0 Å². The van der Waals surface area contributed by atoms with E-state index in [1.54, 1.807) is 0 Å². The van der Waals surface area contributed by atoms with Crippen LogP contribution in [0.4, 0.5) is 0 Å². The van der Waals surface area contributed by atoms with Crippen molar-refractivity contribution in [1.82, 2.24) is 0 Å². The average Bonchev–Trinajstić information content (AvgIpc) is 3.21. The van der Waals surface area contributed by atoms with Gasteiger partial charge in [0.1, 0.15) is 0 Å². The molecule has 8 atom stereocenters. The van der Waals surface area contributed by atoms with E-state index in [4.69, 9.17) is 10.2 Å². The molecule has 5 aliphatic carbocycles. The third-order valence-corrected chi connectivity index (χ3v) is 9.18. The number of nitrogens with zero attached hydrogens (tertiary/aromatic N) is 2. The Bertz CT molecular complexity index is 1090. The van der Waals surface area contributed by atoms with Gasteiger partial charge in [0, 0.05) is 34.0 Å². The molecule has 3 aromatic carbocycles. The first-order valence-corrected chi connectivity index (χ1v) is 10.5. The summed E-state index contributed by atoms with van der Waals surface area (Å²) >= 11 is 0. The van der Waals surface area contributed by atoms with Crippen molar-refractivity contribution in [3.8, 4) is 0 Å². The third-order valence-electron chi connectivity index (χ3n) is 9.18. The molecule has 134 valence electrons. The van der Waals surface area contributed by atoms with E-state index in [0.717, 1.165) is 0 Å². The highest BCUT2D eigenvalue weighted by molar-refractivity contribution is 5.80. The fraction of sp³-hybridized carbons (Fsp3) is 0.308. The molecule has 2 nitrogen and oxygen atoms in total. The van der Waals surface area contributed by atoms with E-state index < -0.39 is 0 Å². The molecule has 2 heteroatoms. The van der Waals surface area contributed by atoms with Gasteiger partial charge in [0.25, 0.3) is 0 Å². The van der Waals surface area contributed by atoms with Crippen LogP contribution in [0.5, 0.6) is 0 Å². The van der Waals surface area contributed by atoms with Crippen LogP contribution in [0.3, 0.4) is 0 Å². The van der Waals surface area contributed by atoms with Gasteiger partial charge in [-0.25, -0.2) is 0 Å². The molecule has 28 heavy (non-hydrogen) atoms. The molecule has 5 fully saturated rings. The van der Waals surface area contributed by atoms with Gasteiger partial charge >= 0.3 is 0 Å². The van der Waals surface area contributed by atoms with Gasteiger partial charge in [0.05, 0.1) is 12.1 Å². The first-order chi connectivity index (χ1) is 13.9. The minimum absolute atomic E-state index is 0.137. The molecule has 0 N–H and O–H groups in total. The molecule has 0 amide bonds. The van der Waals surface area contributed by atoms with Crippen LogP contribution in [-0.2, 0) is 16.2 Å². The second-order valence-electron chi connectivity index (χ2n) is 9.31. The molecule has 2 unspecified atom stereocenters. The molecular formula is C26H20N2. The van der Waals surface area contributed by atoms with E-state index in [1.165, 1.54) is 16.7 Å². The zero-order valence-electron chi connectivity index (χ0n) is 15.4. The largest absolute Gasteiger partial charge is 0.190 e. The summed E-state index contributed by atoms with van der Waals surface area (Å²) in [6.07, 6.45) is 0. The van der Waals surface area contributed by atoms with Crippen LogP contribution in [0.15, 0.2) is 101 Å². The van der Waals surface area contributed by atoms with Crippen molar-refractivity contribution in [1.29, 1.82) is 0 Å². The summed E-state index contributed by atoms with van der Waals surface area (Å²) in [5.74, 6) is 1.84. The summed E-state index contributed by atoms with van der Waals surface area (Å²) in [7, 11) is 0. The van der Waals surface area contributed by atoms with Crippen LogP contribution in [0.2, 0.25) is 0 Å². The Morgan fingerprint density at radius 3 is 1.11 bits per heavy atom. The lowest BCUT2D eigenvalue weighted by Crippen LogP contribution is -2.55. The Kier molecular flexibility index (Phi) is 2.12. The van der Waals surface area contributed by atoms with Crippen LogP contribution in [-0.4, -0.2) is 12.1 Å². The highest BCUT2D eigenvalue weighted by Gasteiger charge is 3.11. The quantitative estimate of drug-likeness (QED) is 0.634. The Labute approximate surface area is 164 Å². The van der Waals surface area contributed by atoms with E-state index in [0.29, 0.717) is 29.8 Å². The van der Waals surface area contributed by atoms with Gasteiger partial charge in [-0.15, -0.1) is 0 Å². The van der Waals surface area contributed by atoms with Gasteiger partial charge in [-0.2, -0.15) is 10.2 Å². The van der Waals surface area contributed by atoms with Crippen LogP contribution >= 0.6 is 0 Å². The second kappa shape index (κ2) is 4.15. The van der Waals surface area contributed by atoms with E-state index in [2.05, 4.69) is 91.0 Å². The molecule has 6 aliphatic rings. The first-order valence-electron chi connectivity index (χ1n) is 10.5. The Morgan fingerprint density at radius 2 is 0.750 bits per heavy atom. The second-order valence-corrected chi connectivity index (χ2v) is 9.31. The minimum atomic E-state index is 0.137. The molecule has 9 rings (SSSR count).